The van der Waals surface area contributed by atoms with Gasteiger partial charge in [0, 0.05) is 19.5 Å². The maximum absolute atomic E-state index is 13.9. The minimum Gasteiger partial charge on any atom is -0.444 e. The van der Waals surface area contributed by atoms with Gasteiger partial charge in [0.2, 0.25) is 17.7 Å². The molecule has 10 heteroatoms. The van der Waals surface area contributed by atoms with Gasteiger partial charge in [-0.15, -0.1) is 0 Å². The van der Waals surface area contributed by atoms with E-state index in [0.717, 1.165) is 16.7 Å². The summed E-state index contributed by atoms with van der Waals surface area (Å²) in [5.74, 6) is -1.77. The molecule has 0 bridgehead atoms. The van der Waals surface area contributed by atoms with E-state index in [0.29, 0.717) is 5.56 Å². The second-order valence-electron chi connectivity index (χ2n) is 10.4. The van der Waals surface area contributed by atoms with Crippen LogP contribution < -0.4 is 16.4 Å². The predicted octanol–water partition coefficient (Wildman–Crippen LogP) is 2.64. The predicted molar refractivity (Wildman–Crippen MR) is 147 cm³/mol. The van der Waals surface area contributed by atoms with Gasteiger partial charge in [-0.1, -0.05) is 48.5 Å². The number of aliphatic hydroxyl groups is 1. The molecule has 0 heterocycles. The van der Waals surface area contributed by atoms with E-state index < -0.39 is 48.1 Å². The van der Waals surface area contributed by atoms with Crippen LogP contribution in [0.15, 0.2) is 48.5 Å². The Bertz CT molecular complexity index is 1150. The van der Waals surface area contributed by atoms with Crippen molar-refractivity contribution in [1.82, 2.24) is 15.5 Å². The summed E-state index contributed by atoms with van der Waals surface area (Å²) in [4.78, 5) is 53.0. The first-order valence-electron chi connectivity index (χ1n) is 12.9. The Kier molecular flexibility index (Phi) is 11.5. The number of nitrogens with zero attached hydrogens (tertiary/aromatic N) is 1. The van der Waals surface area contributed by atoms with Crippen LogP contribution in [0.5, 0.6) is 0 Å². The number of carbonyl (C=O) groups excluding carboxylic acids is 4. The lowest BCUT2D eigenvalue weighted by molar-refractivity contribution is -0.143. The number of hydrogen-bond donors (Lipinski definition) is 4. The van der Waals surface area contributed by atoms with Gasteiger partial charge in [0.25, 0.3) is 0 Å². The zero-order valence-electron chi connectivity index (χ0n) is 23.3. The molecule has 0 aliphatic heterocycles. The molecule has 2 rings (SSSR count). The lowest BCUT2D eigenvalue weighted by Crippen LogP contribution is -2.54. The molecule has 2 aromatic carbocycles. The molecule has 0 saturated heterocycles. The van der Waals surface area contributed by atoms with Crippen molar-refractivity contribution < 1.29 is 29.0 Å². The minimum atomic E-state index is -1.23. The number of rotatable bonds is 12. The highest BCUT2D eigenvalue weighted by Gasteiger charge is 2.37. The molecule has 0 aliphatic rings. The topological polar surface area (TPSA) is 151 Å². The molecular formula is C29H40N4O6. The third kappa shape index (κ3) is 9.72. The normalized spacial score (nSPS) is 12.7. The van der Waals surface area contributed by atoms with E-state index in [1.807, 2.05) is 50.2 Å². The van der Waals surface area contributed by atoms with Crippen LogP contribution in [-0.4, -0.2) is 58.6 Å². The Morgan fingerprint density at radius 2 is 1.69 bits per heavy atom. The van der Waals surface area contributed by atoms with Gasteiger partial charge in [-0.05, 0) is 63.3 Å². The lowest BCUT2D eigenvalue weighted by atomic mass is 9.94. The van der Waals surface area contributed by atoms with Crippen molar-refractivity contribution in [2.24, 2.45) is 5.73 Å². The number of benzene rings is 2. The van der Waals surface area contributed by atoms with Crippen molar-refractivity contribution in [2.45, 2.75) is 71.7 Å². The first-order valence-corrected chi connectivity index (χ1v) is 12.9. The Morgan fingerprint density at radius 3 is 2.28 bits per heavy atom. The molecule has 5 N–H and O–H groups in total. The van der Waals surface area contributed by atoms with Crippen LogP contribution >= 0.6 is 0 Å². The molecule has 0 fully saturated rings. The summed E-state index contributed by atoms with van der Waals surface area (Å²) in [6.07, 6.45) is -1.15. The van der Waals surface area contributed by atoms with E-state index in [1.54, 1.807) is 32.9 Å². The molecule has 4 amide bonds. The van der Waals surface area contributed by atoms with Gasteiger partial charge in [0.15, 0.2) is 0 Å². The molecule has 2 aromatic rings. The average Bonchev–Trinajstić information content (AvgIpc) is 2.86. The van der Waals surface area contributed by atoms with Gasteiger partial charge in [0.05, 0.1) is 6.61 Å². The first-order chi connectivity index (χ1) is 18.3. The van der Waals surface area contributed by atoms with E-state index in [-0.39, 0.29) is 25.9 Å². The highest BCUT2D eigenvalue weighted by Crippen LogP contribution is 2.28. The third-order valence-electron chi connectivity index (χ3n) is 6.10. The minimum absolute atomic E-state index is 0.111. The van der Waals surface area contributed by atoms with Crippen LogP contribution in [0.3, 0.4) is 0 Å². The molecule has 0 aromatic heterocycles. The summed E-state index contributed by atoms with van der Waals surface area (Å²) in [6, 6.07) is 12.4. The molecule has 0 aliphatic carbocycles. The van der Waals surface area contributed by atoms with Crippen molar-refractivity contribution in [1.29, 1.82) is 0 Å². The summed E-state index contributed by atoms with van der Waals surface area (Å²) in [7, 11) is 0. The monoisotopic (exact) mass is 540 g/mol. The van der Waals surface area contributed by atoms with Gasteiger partial charge in [0.1, 0.15) is 17.7 Å². The Morgan fingerprint density at radius 1 is 1.03 bits per heavy atom. The zero-order chi connectivity index (χ0) is 29.2. The molecule has 2 atom stereocenters. The van der Waals surface area contributed by atoms with Gasteiger partial charge >= 0.3 is 6.09 Å². The molecule has 212 valence electrons. The van der Waals surface area contributed by atoms with Gasteiger partial charge in [-0.2, -0.15) is 0 Å². The van der Waals surface area contributed by atoms with Crippen LogP contribution in [0.25, 0.3) is 0 Å². The van der Waals surface area contributed by atoms with Crippen LogP contribution in [0, 0.1) is 13.8 Å². The highest BCUT2D eigenvalue weighted by atomic mass is 16.6. The molecule has 0 radical (unpaired) electrons. The van der Waals surface area contributed by atoms with Crippen LogP contribution in [0.1, 0.15) is 61.9 Å². The number of carbonyl (C=O) groups is 4. The Balaban J connectivity index is 2.49. The van der Waals surface area contributed by atoms with E-state index in [9.17, 15) is 24.3 Å². The van der Waals surface area contributed by atoms with Crippen LogP contribution in [0.2, 0.25) is 0 Å². The Labute approximate surface area is 229 Å². The van der Waals surface area contributed by atoms with Crippen molar-refractivity contribution in [3.63, 3.8) is 0 Å². The fourth-order valence-corrected chi connectivity index (χ4v) is 4.07. The molecule has 0 saturated carbocycles. The van der Waals surface area contributed by atoms with Crippen LogP contribution in [-0.2, 0) is 25.7 Å². The van der Waals surface area contributed by atoms with Gasteiger partial charge < -0.3 is 31.1 Å². The number of hydrogen-bond acceptors (Lipinski definition) is 6. The lowest BCUT2D eigenvalue weighted by Gasteiger charge is -2.35. The molecule has 10 nitrogen and oxygen atoms in total. The van der Waals surface area contributed by atoms with E-state index >= 15 is 0 Å². The summed E-state index contributed by atoms with van der Waals surface area (Å²) >= 11 is 0. The summed E-state index contributed by atoms with van der Waals surface area (Å²) in [6.45, 7) is 8.38. The second-order valence-corrected chi connectivity index (χ2v) is 10.4. The van der Waals surface area contributed by atoms with E-state index in [4.69, 9.17) is 10.5 Å². The van der Waals surface area contributed by atoms with E-state index in [1.165, 1.54) is 4.90 Å². The number of nitrogens with two attached hydrogens (primary N) is 1. The quantitative estimate of drug-likeness (QED) is 0.325. The number of amides is 4. The smallest absolute Gasteiger partial charge is 0.408 e. The van der Waals surface area contributed by atoms with Gasteiger partial charge in [-0.3, -0.25) is 14.4 Å². The number of alkyl carbamates (subject to hydrolysis) is 1. The molecule has 39 heavy (non-hydrogen) atoms. The first kappa shape index (κ1) is 31.3. The zero-order valence-corrected chi connectivity index (χ0v) is 23.3. The summed E-state index contributed by atoms with van der Waals surface area (Å²) in [5, 5.41) is 15.3. The third-order valence-corrected chi connectivity index (χ3v) is 6.10. The van der Waals surface area contributed by atoms with E-state index in [2.05, 4.69) is 10.6 Å². The second kappa shape index (κ2) is 14.3. The number of aliphatic hydroxyl groups excluding tert-OH is 1. The fraction of sp³-hybridized carbons (Fsp3) is 0.448. The van der Waals surface area contributed by atoms with Crippen molar-refractivity contribution in [3.05, 3.63) is 70.8 Å². The summed E-state index contributed by atoms with van der Waals surface area (Å²) < 4.78 is 5.31. The highest BCUT2D eigenvalue weighted by molar-refractivity contribution is 5.92. The maximum atomic E-state index is 13.9. The number of ether oxygens (including phenoxy) is 1. The number of aryl methyl sites for hydroxylation is 1. The molecule has 0 spiro atoms. The van der Waals surface area contributed by atoms with Crippen molar-refractivity contribution >= 4 is 23.8 Å². The number of nitrogens with one attached hydrogen (secondary N) is 2. The van der Waals surface area contributed by atoms with Crippen LogP contribution in [0.4, 0.5) is 4.79 Å². The molecular weight excluding hydrogens is 500 g/mol. The molecule has 2 unspecified atom stereocenters. The average molecular weight is 541 g/mol. The Hall–Kier alpha value is -3.92. The maximum Gasteiger partial charge on any atom is 0.408 e. The van der Waals surface area contributed by atoms with Gasteiger partial charge in [-0.25, -0.2) is 4.79 Å². The summed E-state index contributed by atoms with van der Waals surface area (Å²) in [5.41, 5.74) is 7.67. The van der Waals surface area contributed by atoms with Crippen molar-refractivity contribution in [2.75, 3.05) is 13.2 Å². The largest absolute Gasteiger partial charge is 0.444 e. The fourth-order valence-electron chi connectivity index (χ4n) is 4.07. The van der Waals surface area contributed by atoms with Crippen molar-refractivity contribution in [3.8, 4) is 0 Å². The SMILES string of the molecule is Cc1cccc(C(C(=O)NCc2ccccc2)N(CCO)C(=O)C(CCC(N)=O)NC(=O)OC(C)(C)C)c1C. The standard InChI is InChI=1S/C29H40N4O6/c1-19-10-9-13-22(20(19)2)25(26(36)31-18-21-11-7-6-8-12-21)33(16-17-34)27(37)23(14-15-24(30)35)32-28(38)39-29(3,4)5/h6-13,23,25,34H,14-18H2,1-5H3,(H2,30,35)(H,31,36)(H,32,38). The number of primary amides is 1.